The molecule has 148 valence electrons. The van der Waals surface area contributed by atoms with Gasteiger partial charge in [0.2, 0.25) is 5.91 Å². The van der Waals surface area contributed by atoms with E-state index in [1.54, 1.807) is 11.0 Å². The van der Waals surface area contributed by atoms with Gasteiger partial charge in [-0.3, -0.25) is 9.59 Å². The second-order valence-corrected chi connectivity index (χ2v) is 8.31. The van der Waals surface area contributed by atoms with Crippen LogP contribution < -0.4 is 0 Å². The third-order valence-corrected chi connectivity index (χ3v) is 6.45. The minimum atomic E-state index is -0.0340. The zero-order valence-electron chi connectivity index (χ0n) is 16.0. The van der Waals surface area contributed by atoms with Gasteiger partial charge in [-0.05, 0) is 37.3 Å². The predicted octanol–water partition coefficient (Wildman–Crippen LogP) is 1.49. The van der Waals surface area contributed by atoms with Gasteiger partial charge in [-0.1, -0.05) is 12.1 Å². The summed E-state index contributed by atoms with van der Waals surface area (Å²) >= 11 is 0. The van der Waals surface area contributed by atoms with Crippen LogP contribution in [-0.4, -0.2) is 62.1 Å². The van der Waals surface area contributed by atoms with E-state index in [2.05, 4.69) is 16.2 Å². The van der Waals surface area contributed by atoms with E-state index in [4.69, 9.17) is 5.26 Å². The maximum atomic E-state index is 13.3. The fourth-order valence-corrected chi connectivity index (χ4v) is 4.91. The summed E-state index contributed by atoms with van der Waals surface area (Å²) in [6.07, 6.45) is 5.34. The number of hydrogen-bond acceptors (Lipinski definition) is 5. The van der Waals surface area contributed by atoms with Crippen LogP contribution in [0.2, 0.25) is 0 Å². The third kappa shape index (κ3) is 3.07. The Hall–Kier alpha value is -3.21. The lowest BCUT2D eigenvalue weighted by atomic mass is 9.75. The highest BCUT2D eigenvalue weighted by Gasteiger charge is 2.46. The fourth-order valence-electron chi connectivity index (χ4n) is 4.91. The van der Waals surface area contributed by atoms with E-state index in [9.17, 15) is 9.59 Å². The van der Waals surface area contributed by atoms with E-state index in [1.807, 2.05) is 34.1 Å². The van der Waals surface area contributed by atoms with E-state index in [0.29, 0.717) is 49.6 Å². The van der Waals surface area contributed by atoms with Crippen LogP contribution >= 0.6 is 0 Å². The number of fused-ring (bicyclic) bond motifs is 2. The number of aromatic nitrogens is 3. The van der Waals surface area contributed by atoms with Gasteiger partial charge in [0.25, 0.3) is 5.91 Å². The topological polar surface area (TPSA) is 95.1 Å². The molecule has 2 unspecified atom stereocenters. The lowest BCUT2D eigenvalue weighted by Gasteiger charge is -2.36. The number of piperidine rings is 1. The molecule has 3 aliphatic rings. The largest absolute Gasteiger partial charge is 0.337 e. The summed E-state index contributed by atoms with van der Waals surface area (Å²) in [6.45, 7) is 1.93. The van der Waals surface area contributed by atoms with Crippen molar-refractivity contribution < 1.29 is 9.59 Å². The van der Waals surface area contributed by atoms with Gasteiger partial charge in [0.05, 0.1) is 17.3 Å². The van der Waals surface area contributed by atoms with Gasteiger partial charge in [-0.15, -0.1) is 0 Å². The van der Waals surface area contributed by atoms with Gasteiger partial charge in [-0.25, -0.2) is 9.67 Å². The van der Waals surface area contributed by atoms with Crippen molar-refractivity contribution in [2.45, 2.75) is 25.3 Å². The van der Waals surface area contributed by atoms with Gasteiger partial charge >= 0.3 is 0 Å². The first kappa shape index (κ1) is 17.9. The van der Waals surface area contributed by atoms with Gasteiger partial charge in [-0.2, -0.15) is 10.4 Å². The summed E-state index contributed by atoms with van der Waals surface area (Å²) in [4.78, 5) is 34.0. The van der Waals surface area contributed by atoms with Crippen molar-refractivity contribution >= 4 is 11.8 Å². The smallest absolute Gasteiger partial charge is 0.256 e. The molecule has 2 amide bonds. The molecular weight excluding hydrogens is 368 g/mol. The van der Waals surface area contributed by atoms with E-state index in [1.165, 1.54) is 6.33 Å². The summed E-state index contributed by atoms with van der Waals surface area (Å²) in [7, 11) is 0. The van der Waals surface area contributed by atoms with Gasteiger partial charge in [0.15, 0.2) is 0 Å². The summed E-state index contributed by atoms with van der Waals surface area (Å²) in [6, 6.07) is 9.72. The second kappa shape index (κ2) is 6.99. The molecule has 5 rings (SSSR count). The van der Waals surface area contributed by atoms with Crippen LogP contribution in [0.15, 0.2) is 36.9 Å². The van der Waals surface area contributed by atoms with Crippen molar-refractivity contribution in [2.24, 2.45) is 17.8 Å². The number of likely N-dealkylation sites (tertiary alicyclic amines) is 2. The van der Waals surface area contributed by atoms with Crippen molar-refractivity contribution in [3.8, 4) is 11.8 Å². The van der Waals surface area contributed by atoms with E-state index >= 15 is 0 Å². The molecule has 2 atom stereocenters. The Bertz CT molecular complexity index is 975. The summed E-state index contributed by atoms with van der Waals surface area (Å²) in [5.74, 6) is 0.454. The zero-order valence-corrected chi connectivity index (χ0v) is 16.0. The first-order valence-corrected chi connectivity index (χ1v) is 10.1. The molecule has 0 radical (unpaired) electrons. The van der Waals surface area contributed by atoms with Crippen LogP contribution in [0, 0.1) is 29.1 Å². The van der Waals surface area contributed by atoms with Crippen LogP contribution in [0.5, 0.6) is 0 Å². The van der Waals surface area contributed by atoms with Crippen LogP contribution in [0.4, 0.5) is 0 Å². The molecule has 1 aliphatic carbocycles. The average Bonchev–Trinajstić information content (AvgIpc) is 3.34. The SMILES string of the molecule is N#CC1CC(C(=O)N2CC3CC2CN(C(=O)c2ccccc2-n2cncn2)C3)C1. The molecule has 2 bridgehead atoms. The maximum Gasteiger partial charge on any atom is 0.256 e. The van der Waals surface area contributed by atoms with Crippen LogP contribution in [0.3, 0.4) is 0 Å². The highest BCUT2D eigenvalue weighted by molar-refractivity contribution is 5.98. The molecular formula is C21H22N6O2. The predicted molar refractivity (Wildman–Crippen MR) is 103 cm³/mol. The molecule has 8 nitrogen and oxygen atoms in total. The Morgan fingerprint density at radius 3 is 2.69 bits per heavy atom. The molecule has 0 N–H and O–H groups in total. The molecule has 2 saturated heterocycles. The average molecular weight is 390 g/mol. The second-order valence-electron chi connectivity index (χ2n) is 8.31. The quantitative estimate of drug-likeness (QED) is 0.791. The molecule has 0 spiro atoms. The minimum absolute atomic E-state index is 0.0174. The molecule has 29 heavy (non-hydrogen) atoms. The number of nitrogens with zero attached hydrogens (tertiary/aromatic N) is 6. The lowest BCUT2D eigenvalue weighted by molar-refractivity contribution is -0.140. The van der Waals surface area contributed by atoms with Gasteiger partial charge in [0, 0.05) is 37.5 Å². The first-order valence-electron chi connectivity index (χ1n) is 10.1. The third-order valence-electron chi connectivity index (χ3n) is 6.45. The monoisotopic (exact) mass is 390 g/mol. The van der Waals surface area contributed by atoms with Crippen molar-refractivity contribution in [1.29, 1.82) is 5.26 Å². The first-order chi connectivity index (χ1) is 14.1. The summed E-state index contributed by atoms with van der Waals surface area (Å²) in [5, 5.41) is 13.1. The number of benzene rings is 1. The summed E-state index contributed by atoms with van der Waals surface area (Å²) in [5.41, 5.74) is 1.30. The normalized spacial score (nSPS) is 28.0. The van der Waals surface area contributed by atoms with Crippen LogP contribution in [0.25, 0.3) is 5.69 Å². The number of nitriles is 1. The Labute approximate surface area is 168 Å². The maximum absolute atomic E-state index is 13.3. The highest BCUT2D eigenvalue weighted by Crippen LogP contribution is 2.38. The number of amides is 2. The number of carbonyl (C=O) groups is 2. The molecule has 2 aliphatic heterocycles. The standard InChI is InChI=1S/C21H22N6O2/c22-8-14-5-16(6-14)20(28)26-10-15-7-17(26)11-25(9-15)21(29)18-3-1-2-4-19(18)27-13-23-12-24-27/h1-4,12-17H,5-7,9-11H2. The molecule has 3 heterocycles. The fraction of sp³-hybridized carbons (Fsp3) is 0.476. The van der Waals surface area contributed by atoms with Gasteiger partial charge in [0.1, 0.15) is 12.7 Å². The highest BCUT2D eigenvalue weighted by atomic mass is 16.2. The van der Waals surface area contributed by atoms with E-state index < -0.39 is 0 Å². The van der Waals surface area contributed by atoms with Crippen molar-refractivity contribution in [2.75, 3.05) is 19.6 Å². The Kier molecular flexibility index (Phi) is 4.31. The lowest BCUT2D eigenvalue weighted by Crippen LogP contribution is -2.49. The Balaban J connectivity index is 1.32. The van der Waals surface area contributed by atoms with Crippen molar-refractivity contribution in [3.05, 3.63) is 42.5 Å². The number of hydrogen-bond donors (Lipinski definition) is 0. The number of para-hydroxylation sites is 1. The summed E-state index contributed by atoms with van der Waals surface area (Å²) < 4.78 is 1.60. The van der Waals surface area contributed by atoms with Crippen molar-refractivity contribution in [3.63, 3.8) is 0 Å². The minimum Gasteiger partial charge on any atom is -0.337 e. The zero-order chi connectivity index (χ0) is 20.0. The van der Waals surface area contributed by atoms with E-state index in [-0.39, 0.29) is 29.7 Å². The molecule has 3 fully saturated rings. The van der Waals surface area contributed by atoms with Crippen LogP contribution in [0.1, 0.15) is 29.6 Å². The van der Waals surface area contributed by atoms with Crippen LogP contribution in [-0.2, 0) is 4.79 Å². The van der Waals surface area contributed by atoms with E-state index in [0.717, 1.165) is 6.42 Å². The Morgan fingerprint density at radius 2 is 1.93 bits per heavy atom. The molecule has 1 saturated carbocycles. The number of rotatable bonds is 3. The molecule has 1 aromatic carbocycles. The molecule has 8 heteroatoms. The van der Waals surface area contributed by atoms with Gasteiger partial charge < -0.3 is 9.80 Å². The Morgan fingerprint density at radius 1 is 1.10 bits per heavy atom. The van der Waals surface area contributed by atoms with Crippen molar-refractivity contribution in [1.82, 2.24) is 24.6 Å². The molecule has 1 aromatic heterocycles. The molecule has 2 aromatic rings. The number of carbonyl (C=O) groups excluding carboxylic acids is 2.